The van der Waals surface area contributed by atoms with Gasteiger partial charge in [-0.3, -0.25) is 4.79 Å². The van der Waals surface area contributed by atoms with E-state index in [9.17, 15) is 13.2 Å². The average molecular weight is 451 g/mol. The molecule has 0 radical (unpaired) electrons. The first kappa shape index (κ1) is 22.2. The molecule has 6 nitrogen and oxygen atoms in total. The number of rotatable bonds is 6. The fourth-order valence-electron chi connectivity index (χ4n) is 3.79. The first-order valence-electron chi connectivity index (χ1n) is 10.6. The number of hydrogen-bond donors (Lipinski definition) is 1. The number of hydrogen-bond acceptors (Lipinski definition) is 4. The predicted octanol–water partition coefficient (Wildman–Crippen LogP) is 3.86. The molecule has 0 atom stereocenters. The summed E-state index contributed by atoms with van der Waals surface area (Å²) in [7, 11) is -3.66. The Kier molecular flexibility index (Phi) is 6.69. The lowest BCUT2D eigenvalue weighted by Gasteiger charge is -2.26. The van der Waals surface area contributed by atoms with Crippen LogP contribution in [-0.4, -0.2) is 44.9 Å². The van der Waals surface area contributed by atoms with E-state index in [-0.39, 0.29) is 10.8 Å². The Hall–Kier alpha value is -3.00. The Labute approximate surface area is 188 Å². The van der Waals surface area contributed by atoms with Gasteiger partial charge in [-0.2, -0.15) is 4.31 Å². The predicted molar refractivity (Wildman–Crippen MR) is 124 cm³/mol. The highest BCUT2D eigenvalue weighted by Crippen LogP contribution is 2.25. The van der Waals surface area contributed by atoms with Gasteiger partial charge < -0.3 is 10.1 Å². The van der Waals surface area contributed by atoms with Crippen molar-refractivity contribution in [3.63, 3.8) is 0 Å². The SMILES string of the molecule is Cc1ccc(NC(=O)c2ccccc2Cc2ccccc2)cc1S(=O)(=O)N1CCOCC1. The van der Waals surface area contributed by atoms with Crippen molar-refractivity contribution in [1.82, 2.24) is 4.31 Å². The zero-order chi connectivity index (χ0) is 22.6. The third-order valence-electron chi connectivity index (χ3n) is 5.53. The first-order valence-corrected chi connectivity index (χ1v) is 12.0. The molecule has 3 aromatic rings. The van der Waals surface area contributed by atoms with E-state index < -0.39 is 10.0 Å². The fraction of sp³-hybridized carbons (Fsp3) is 0.240. The maximum atomic E-state index is 13.1. The van der Waals surface area contributed by atoms with Crippen LogP contribution in [0.2, 0.25) is 0 Å². The van der Waals surface area contributed by atoms with Crippen molar-refractivity contribution in [2.45, 2.75) is 18.2 Å². The maximum absolute atomic E-state index is 13.1. The van der Waals surface area contributed by atoms with Gasteiger partial charge in [0.2, 0.25) is 10.0 Å². The number of morpholine rings is 1. The molecule has 1 saturated heterocycles. The number of carbonyl (C=O) groups excluding carboxylic acids is 1. The minimum Gasteiger partial charge on any atom is -0.379 e. The highest BCUT2D eigenvalue weighted by molar-refractivity contribution is 7.89. The smallest absolute Gasteiger partial charge is 0.255 e. The van der Waals surface area contributed by atoms with Crippen LogP contribution in [0.25, 0.3) is 0 Å². The number of benzene rings is 3. The molecule has 3 aromatic carbocycles. The van der Waals surface area contributed by atoms with E-state index >= 15 is 0 Å². The second-order valence-electron chi connectivity index (χ2n) is 7.77. The molecule has 0 unspecified atom stereocenters. The number of nitrogens with one attached hydrogen (secondary N) is 1. The lowest BCUT2D eigenvalue weighted by Crippen LogP contribution is -2.40. The minimum absolute atomic E-state index is 0.203. The average Bonchev–Trinajstić information content (AvgIpc) is 2.82. The van der Waals surface area contributed by atoms with Crippen LogP contribution in [0.4, 0.5) is 5.69 Å². The molecule has 1 fully saturated rings. The molecular weight excluding hydrogens is 424 g/mol. The van der Waals surface area contributed by atoms with Crippen molar-refractivity contribution in [2.75, 3.05) is 31.6 Å². The van der Waals surface area contributed by atoms with Gasteiger partial charge in [0.25, 0.3) is 5.91 Å². The lowest BCUT2D eigenvalue weighted by molar-refractivity contribution is 0.0730. The fourth-order valence-corrected chi connectivity index (χ4v) is 5.45. The number of aryl methyl sites for hydroxylation is 1. The molecule has 0 aromatic heterocycles. The summed E-state index contributed by atoms with van der Waals surface area (Å²) < 4.78 is 33.0. The Morgan fingerprint density at radius 2 is 1.66 bits per heavy atom. The number of carbonyl (C=O) groups is 1. The molecule has 166 valence electrons. The van der Waals surface area contributed by atoms with Gasteiger partial charge in [-0.05, 0) is 48.2 Å². The number of nitrogens with zero attached hydrogens (tertiary/aromatic N) is 1. The number of ether oxygens (including phenoxy) is 1. The Balaban J connectivity index is 1.58. The van der Waals surface area contributed by atoms with E-state index in [0.29, 0.717) is 49.5 Å². The van der Waals surface area contributed by atoms with Gasteiger partial charge in [0, 0.05) is 24.3 Å². The normalized spacial score (nSPS) is 14.8. The zero-order valence-corrected chi connectivity index (χ0v) is 18.8. The standard InChI is InChI=1S/C25H26N2O4S/c1-19-11-12-22(18-24(19)32(29,30)27-13-15-31-16-14-27)26-25(28)23-10-6-5-9-21(23)17-20-7-3-2-4-8-20/h2-12,18H,13-17H2,1H3,(H,26,28). The van der Waals surface area contributed by atoms with Crippen LogP contribution in [0.5, 0.6) is 0 Å². The van der Waals surface area contributed by atoms with Crippen LogP contribution in [-0.2, 0) is 21.2 Å². The molecule has 0 saturated carbocycles. The van der Waals surface area contributed by atoms with E-state index in [1.54, 1.807) is 25.1 Å². The minimum atomic E-state index is -3.66. The summed E-state index contributed by atoms with van der Waals surface area (Å²) in [6.07, 6.45) is 0.634. The highest BCUT2D eigenvalue weighted by atomic mass is 32.2. The van der Waals surface area contributed by atoms with Gasteiger partial charge in [0.15, 0.2) is 0 Å². The Bertz CT molecular complexity index is 1200. The van der Waals surface area contributed by atoms with Crippen molar-refractivity contribution in [3.05, 3.63) is 95.1 Å². The van der Waals surface area contributed by atoms with Crippen LogP contribution >= 0.6 is 0 Å². The van der Waals surface area contributed by atoms with E-state index in [1.807, 2.05) is 48.5 Å². The van der Waals surface area contributed by atoms with Crippen molar-refractivity contribution < 1.29 is 17.9 Å². The number of amides is 1. The molecule has 1 heterocycles. The van der Waals surface area contributed by atoms with E-state index in [2.05, 4.69) is 5.32 Å². The van der Waals surface area contributed by atoms with Crippen LogP contribution in [0.3, 0.4) is 0 Å². The van der Waals surface area contributed by atoms with Gasteiger partial charge in [0.05, 0.1) is 18.1 Å². The topological polar surface area (TPSA) is 75.7 Å². The molecule has 0 spiro atoms. The molecule has 0 aliphatic carbocycles. The molecule has 1 N–H and O–H groups in total. The maximum Gasteiger partial charge on any atom is 0.255 e. The highest BCUT2D eigenvalue weighted by Gasteiger charge is 2.28. The third-order valence-corrected chi connectivity index (χ3v) is 7.57. The summed E-state index contributed by atoms with van der Waals surface area (Å²) in [5.74, 6) is -0.268. The molecular formula is C25H26N2O4S. The van der Waals surface area contributed by atoms with Gasteiger partial charge in [-0.25, -0.2) is 8.42 Å². The second-order valence-corrected chi connectivity index (χ2v) is 9.68. The molecule has 32 heavy (non-hydrogen) atoms. The van der Waals surface area contributed by atoms with Crippen LogP contribution in [0, 0.1) is 6.92 Å². The van der Waals surface area contributed by atoms with Gasteiger partial charge >= 0.3 is 0 Å². The third kappa shape index (κ3) is 4.91. The van der Waals surface area contributed by atoms with Crippen molar-refractivity contribution in [1.29, 1.82) is 0 Å². The molecule has 1 amide bonds. The largest absolute Gasteiger partial charge is 0.379 e. The monoisotopic (exact) mass is 450 g/mol. The summed E-state index contributed by atoms with van der Waals surface area (Å²) in [4.78, 5) is 13.3. The summed E-state index contributed by atoms with van der Waals surface area (Å²) in [5, 5.41) is 2.88. The lowest BCUT2D eigenvalue weighted by atomic mass is 9.99. The van der Waals surface area contributed by atoms with E-state index in [4.69, 9.17) is 4.74 Å². The van der Waals surface area contributed by atoms with Gasteiger partial charge in [-0.15, -0.1) is 0 Å². The van der Waals surface area contributed by atoms with Crippen LogP contribution < -0.4 is 5.32 Å². The molecule has 1 aliphatic heterocycles. The van der Waals surface area contributed by atoms with E-state index in [0.717, 1.165) is 11.1 Å². The molecule has 0 bridgehead atoms. The number of anilines is 1. The van der Waals surface area contributed by atoms with Gasteiger partial charge in [-0.1, -0.05) is 54.6 Å². The zero-order valence-electron chi connectivity index (χ0n) is 18.0. The Morgan fingerprint density at radius 3 is 2.41 bits per heavy atom. The molecule has 4 rings (SSSR count). The summed E-state index contributed by atoms with van der Waals surface area (Å²) in [5.41, 5.74) is 3.67. The van der Waals surface area contributed by atoms with E-state index in [1.165, 1.54) is 10.4 Å². The quantitative estimate of drug-likeness (QED) is 0.619. The van der Waals surface area contributed by atoms with Crippen molar-refractivity contribution in [3.8, 4) is 0 Å². The van der Waals surface area contributed by atoms with Crippen molar-refractivity contribution >= 4 is 21.6 Å². The summed E-state index contributed by atoms with van der Waals surface area (Å²) in [6, 6.07) is 22.4. The molecule has 1 aliphatic rings. The van der Waals surface area contributed by atoms with Crippen LogP contribution in [0.1, 0.15) is 27.0 Å². The second kappa shape index (κ2) is 9.65. The van der Waals surface area contributed by atoms with Crippen LogP contribution in [0.15, 0.2) is 77.7 Å². The van der Waals surface area contributed by atoms with Gasteiger partial charge in [0.1, 0.15) is 0 Å². The summed E-state index contributed by atoms with van der Waals surface area (Å²) in [6.45, 7) is 3.17. The Morgan fingerprint density at radius 1 is 0.969 bits per heavy atom. The summed E-state index contributed by atoms with van der Waals surface area (Å²) >= 11 is 0. The van der Waals surface area contributed by atoms with Crippen molar-refractivity contribution in [2.24, 2.45) is 0 Å². The molecule has 7 heteroatoms. The first-order chi connectivity index (χ1) is 15.4. The number of sulfonamides is 1.